The van der Waals surface area contributed by atoms with Crippen LogP contribution in [0.1, 0.15) is 48.5 Å². The normalized spacial score (nSPS) is 21.4. The van der Waals surface area contributed by atoms with E-state index in [2.05, 4.69) is 9.97 Å². The predicted octanol–water partition coefficient (Wildman–Crippen LogP) is 2.02. The van der Waals surface area contributed by atoms with E-state index in [-0.39, 0.29) is 12.0 Å². The number of carbonyl (C=O) groups is 1. The van der Waals surface area contributed by atoms with Crippen LogP contribution in [0.2, 0.25) is 0 Å². The molecule has 0 unspecified atom stereocenters. The van der Waals surface area contributed by atoms with Crippen LogP contribution in [-0.2, 0) is 14.0 Å². The van der Waals surface area contributed by atoms with E-state index in [1.165, 1.54) is 0 Å². The predicted molar refractivity (Wildman–Crippen MR) is 105 cm³/mol. The van der Waals surface area contributed by atoms with Crippen LogP contribution < -0.4 is 10.2 Å². The highest BCUT2D eigenvalue weighted by Gasteiger charge is 2.52. The van der Waals surface area contributed by atoms with Crippen LogP contribution in [0.5, 0.6) is 6.01 Å². The minimum atomic E-state index is -0.493. The highest BCUT2D eigenvalue weighted by molar-refractivity contribution is 6.61. The molecule has 0 aliphatic carbocycles. The minimum Gasteiger partial charge on any atom is -0.463 e. The molecule has 2 aliphatic rings. The maximum absolute atomic E-state index is 11.9. The molecule has 2 saturated heterocycles. The summed E-state index contributed by atoms with van der Waals surface area (Å²) in [5.74, 6) is 0.249. The van der Waals surface area contributed by atoms with Gasteiger partial charge in [0.25, 0.3) is 0 Å². The van der Waals surface area contributed by atoms with Gasteiger partial charge in [0.05, 0.1) is 17.8 Å². The number of nitrogens with zero attached hydrogens (tertiary/aromatic N) is 3. The molecule has 2 aliphatic heterocycles. The summed E-state index contributed by atoms with van der Waals surface area (Å²) < 4.78 is 23.0. The van der Waals surface area contributed by atoms with Crippen molar-refractivity contribution in [1.29, 1.82) is 0 Å². The second-order valence-electron chi connectivity index (χ2n) is 9.45. The summed E-state index contributed by atoms with van der Waals surface area (Å²) in [4.78, 5) is 22.1. The Bertz CT molecular complexity index is 695. The van der Waals surface area contributed by atoms with Crippen molar-refractivity contribution in [1.82, 2.24) is 14.9 Å². The van der Waals surface area contributed by atoms with Crippen molar-refractivity contribution in [3.05, 3.63) is 12.4 Å². The fraction of sp³-hybridized carbons (Fsp3) is 0.737. The van der Waals surface area contributed by atoms with Gasteiger partial charge in [-0.3, -0.25) is 0 Å². The monoisotopic (exact) mass is 391 g/mol. The van der Waals surface area contributed by atoms with E-state index >= 15 is 0 Å². The summed E-state index contributed by atoms with van der Waals surface area (Å²) in [5.41, 5.74) is -0.537. The number of rotatable bonds is 4. The molecule has 154 valence electrons. The molecule has 0 spiro atoms. The van der Waals surface area contributed by atoms with Gasteiger partial charge < -0.3 is 23.7 Å². The molecule has 0 radical (unpaired) electrons. The zero-order valence-electron chi connectivity index (χ0n) is 17.8. The van der Waals surface area contributed by atoms with Crippen LogP contribution in [0.3, 0.4) is 0 Å². The Morgan fingerprint density at radius 3 is 2.21 bits per heavy atom. The van der Waals surface area contributed by atoms with Gasteiger partial charge in [-0.05, 0) is 48.5 Å². The lowest BCUT2D eigenvalue weighted by molar-refractivity contribution is -0.00837. The smallest absolute Gasteiger partial charge is 0.463 e. The maximum atomic E-state index is 11.9. The molecule has 1 aromatic rings. The molecule has 28 heavy (non-hydrogen) atoms. The number of amides is 1. The number of likely N-dealkylation sites (tertiary alicyclic amines) is 1. The molecule has 1 aromatic heterocycles. The van der Waals surface area contributed by atoms with Crippen molar-refractivity contribution in [2.75, 3.05) is 19.7 Å². The minimum absolute atomic E-state index is 0.249. The molecular formula is C19H30BN3O5. The molecule has 0 N–H and O–H groups in total. The second kappa shape index (κ2) is 7.19. The van der Waals surface area contributed by atoms with Crippen molar-refractivity contribution in [3.8, 4) is 6.01 Å². The van der Waals surface area contributed by atoms with Gasteiger partial charge in [-0.15, -0.1) is 0 Å². The number of hydrogen-bond donors (Lipinski definition) is 0. The summed E-state index contributed by atoms with van der Waals surface area (Å²) >= 11 is 0. The largest absolute Gasteiger partial charge is 0.498 e. The van der Waals surface area contributed by atoms with Crippen molar-refractivity contribution in [2.24, 2.45) is 5.92 Å². The number of hydrogen-bond acceptors (Lipinski definition) is 7. The van der Waals surface area contributed by atoms with Crippen LogP contribution in [0.4, 0.5) is 4.79 Å². The summed E-state index contributed by atoms with van der Waals surface area (Å²) in [6, 6.07) is 0.302. The average Bonchev–Trinajstić information content (AvgIpc) is 2.72. The first-order chi connectivity index (χ1) is 12.9. The van der Waals surface area contributed by atoms with E-state index in [0.29, 0.717) is 25.7 Å². The molecule has 1 amide bonds. The Morgan fingerprint density at radius 2 is 1.71 bits per heavy atom. The van der Waals surface area contributed by atoms with Crippen molar-refractivity contribution < 1.29 is 23.6 Å². The van der Waals surface area contributed by atoms with E-state index in [4.69, 9.17) is 18.8 Å². The summed E-state index contributed by atoms with van der Waals surface area (Å²) in [5, 5.41) is 0. The second-order valence-corrected chi connectivity index (χ2v) is 9.45. The first kappa shape index (κ1) is 20.9. The highest BCUT2D eigenvalue weighted by atomic mass is 16.7. The third kappa shape index (κ3) is 4.58. The van der Waals surface area contributed by atoms with Crippen LogP contribution in [0.15, 0.2) is 12.4 Å². The van der Waals surface area contributed by atoms with Crippen LogP contribution >= 0.6 is 0 Å². The van der Waals surface area contributed by atoms with E-state index in [1.807, 2.05) is 48.5 Å². The lowest BCUT2D eigenvalue weighted by Crippen LogP contribution is -2.53. The van der Waals surface area contributed by atoms with E-state index in [1.54, 1.807) is 17.3 Å². The van der Waals surface area contributed by atoms with Gasteiger partial charge in [0, 0.05) is 36.9 Å². The molecular weight excluding hydrogens is 361 g/mol. The van der Waals surface area contributed by atoms with Gasteiger partial charge in [-0.25, -0.2) is 14.8 Å². The van der Waals surface area contributed by atoms with E-state index < -0.39 is 23.9 Å². The Balaban J connectivity index is 1.45. The van der Waals surface area contributed by atoms with E-state index in [0.717, 1.165) is 5.46 Å². The topological polar surface area (TPSA) is 83.0 Å². The quantitative estimate of drug-likeness (QED) is 0.727. The molecule has 0 aromatic carbocycles. The first-order valence-electron chi connectivity index (χ1n) is 9.65. The Labute approximate surface area is 167 Å². The average molecular weight is 391 g/mol. The van der Waals surface area contributed by atoms with Crippen LogP contribution in [0, 0.1) is 5.92 Å². The van der Waals surface area contributed by atoms with Crippen molar-refractivity contribution in [3.63, 3.8) is 0 Å². The highest BCUT2D eigenvalue weighted by Crippen LogP contribution is 2.36. The standard InChI is InChI=1S/C19H30BN3O5/c1-17(2,3)26-16(24)23-10-13(11-23)12-25-15-21-8-14(9-22-15)20-27-18(4,5)19(6,7)28-20/h8-9,13H,10-12H2,1-7H3. The number of carbonyl (C=O) groups excluding carboxylic acids is 1. The molecule has 0 bridgehead atoms. The van der Waals surface area contributed by atoms with E-state index in [9.17, 15) is 4.79 Å². The first-order valence-corrected chi connectivity index (χ1v) is 9.65. The molecule has 8 nitrogen and oxygen atoms in total. The molecule has 0 atom stereocenters. The lowest BCUT2D eigenvalue weighted by Gasteiger charge is -2.39. The molecule has 9 heteroatoms. The van der Waals surface area contributed by atoms with Gasteiger partial charge in [0.1, 0.15) is 5.60 Å². The zero-order chi connectivity index (χ0) is 20.7. The van der Waals surface area contributed by atoms with Crippen LogP contribution in [-0.4, -0.2) is 64.6 Å². The molecule has 2 fully saturated rings. The fourth-order valence-corrected chi connectivity index (χ4v) is 2.84. The Morgan fingerprint density at radius 1 is 1.18 bits per heavy atom. The third-order valence-corrected chi connectivity index (χ3v) is 5.23. The van der Waals surface area contributed by atoms with Gasteiger partial charge in [0.15, 0.2) is 0 Å². The molecule has 3 heterocycles. The number of aromatic nitrogens is 2. The summed E-state index contributed by atoms with van der Waals surface area (Å²) in [6.07, 6.45) is 3.04. The Kier molecular flexibility index (Phi) is 5.35. The number of ether oxygens (including phenoxy) is 2. The maximum Gasteiger partial charge on any atom is 0.498 e. The van der Waals surface area contributed by atoms with Crippen LogP contribution in [0.25, 0.3) is 0 Å². The zero-order valence-corrected chi connectivity index (χ0v) is 17.8. The van der Waals surface area contributed by atoms with Gasteiger partial charge in [-0.1, -0.05) is 0 Å². The molecule has 3 rings (SSSR count). The molecule has 0 saturated carbocycles. The Hall–Kier alpha value is -1.87. The van der Waals surface area contributed by atoms with Gasteiger partial charge in [-0.2, -0.15) is 0 Å². The van der Waals surface area contributed by atoms with Crippen molar-refractivity contribution in [2.45, 2.75) is 65.3 Å². The fourth-order valence-electron chi connectivity index (χ4n) is 2.84. The van der Waals surface area contributed by atoms with Crippen molar-refractivity contribution >= 4 is 18.7 Å². The van der Waals surface area contributed by atoms with Gasteiger partial charge in [0.2, 0.25) is 0 Å². The van der Waals surface area contributed by atoms with Gasteiger partial charge >= 0.3 is 19.2 Å². The summed E-state index contributed by atoms with van der Waals surface area (Å²) in [7, 11) is -0.493. The third-order valence-electron chi connectivity index (χ3n) is 5.23. The lowest BCUT2D eigenvalue weighted by atomic mass is 9.81. The SMILES string of the molecule is CC(C)(C)OC(=O)N1CC(COc2ncc(B3OC(C)(C)C(C)(C)O3)cn2)C1. The summed E-state index contributed by atoms with van der Waals surface area (Å²) in [6.45, 7) is 15.3.